The van der Waals surface area contributed by atoms with Gasteiger partial charge in [0.25, 0.3) is 0 Å². The summed E-state index contributed by atoms with van der Waals surface area (Å²) in [5.41, 5.74) is 1.05. The Labute approximate surface area is 151 Å². The predicted molar refractivity (Wildman–Crippen MR) is 104 cm³/mol. The average Bonchev–Trinajstić information content (AvgIpc) is 2.67. The molecule has 0 bridgehead atoms. The van der Waals surface area contributed by atoms with Crippen LogP contribution in [0.15, 0.2) is 85.5 Å². The molecule has 2 aromatic carbocycles. The van der Waals surface area contributed by atoms with E-state index in [9.17, 15) is 0 Å². The molecule has 2 rings (SSSR count). The predicted octanol–water partition coefficient (Wildman–Crippen LogP) is 4.58. The lowest BCUT2D eigenvalue weighted by Crippen LogP contribution is -2.33. The highest BCUT2D eigenvalue weighted by atomic mass is 16.5. The molecule has 0 N–H and O–H groups in total. The number of allylic oxidation sites excluding steroid dienone is 1. The normalized spacial score (nSPS) is 10.4. The maximum Gasteiger partial charge on any atom is 0.119 e. The first-order chi connectivity index (χ1) is 12.3. The molecule has 0 aliphatic heterocycles. The number of hydrogen-bond donors (Lipinski definition) is 0. The lowest BCUT2D eigenvalue weighted by molar-refractivity contribution is 0.178. The van der Waals surface area contributed by atoms with Crippen LogP contribution in [-0.4, -0.2) is 37.7 Å². The van der Waals surface area contributed by atoms with Gasteiger partial charge in [0.1, 0.15) is 24.7 Å². The molecule has 0 amide bonds. The zero-order valence-electron chi connectivity index (χ0n) is 14.8. The Kier molecular flexibility index (Phi) is 8.36. The van der Waals surface area contributed by atoms with Gasteiger partial charge in [0.15, 0.2) is 0 Å². The van der Waals surface area contributed by atoms with E-state index in [4.69, 9.17) is 9.47 Å². The van der Waals surface area contributed by atoms with Gasteiger partial charge in [-0.1, -0.05) is 61.2 Å². The highest BCUT2D eigenvalue weighted by molar-refractivity contribution is 5.21. The standard InChI is InChI=1S/C22H27NO2/c1-3-20(2)14-15-23(16-18-24-21-10-6-4-7-11-21)17-19-25-22-12-8-5-9-13-22/h3-13H,1-2,14-19H2. The molecule has 0 aliphatic rings. The maximum atomic E-state index is 5.81. The molecule has 0 spiro atoms. The largest absolute Gasteiger partial charge is 0.492 e. The van der Waals surface area contributed by atoms with Crippen LogP contribution < -0.4 is 9.47 Å². The maximum absolute atomic E-state index is 5.81. The van der Waals surface area contributed by atoms with Gasteiger partial charge in [-0.05, 0) is 30.7 Å². The van der Waals surface area contributed by atoms with E-state index in [0.29, 0.717) is 13.2 Å². The van der Waals surface area contributed by atoms with Crippen molar-refractivity contribution >= 4 is 0 Å². The minimum absolute atomic E-state index is 0.649. The molecule has 0 radical (unpaired) electrons. The van der Waals surface area contributed by atoms with Crippen molar-refractivity contribution in [3.63, 3.8) is 0 Å². The van der Waals surface area contributed by atoms with Crippen molar-refractivity contribution in [1.29, 1.82) is 0 Å². The molecule has 3 heteroatoms. The van der Waals surface area contributed by atoms with E-state index < -0.39 is 0 Å². The summed E-state index contributed by atoms with van der Waals surface area (Å²) in [6, 6.07) is 19.8. The van der Waals surface area contributed by atoms with Crippen LogP contribution >= 0.6 is 0 Å². The van der Waals surface area contributed by atoms with Crippen molar-refractivity contribution in [2.75, 3.05) is 32.8 Å². The highest BCUT2D eigenvalue weighted by Crippen LogP contribution is 2.10. The molecule has 0 unspecified atom stereocenters. The van der Waals surface area contributed by atoms with Gasteiger partial charge in [-0.15, -0.1) is 0 Å². The molecule has 25 heavy (non-hydrogen) atoms. The number of ether oxygens (including phenoxy) is 2. The quantitative estimate of drug-likeness (QED) is 0.529. The van der Waals surface area contributed by atoms with E-state index in [2.05, 4.69) is 18.1 Å². The second-order valence-electron chi connectivity index (χ2n) is 5.78. The first kappa shape index (κ1) is 18.8. The van der Waals surface area contributed by atoms with Crippen LogP contribution in [0.5, 0.6) is 11.5 Å². The van der Waals surface area contributed by atoms with E-state index in [1.807, 2.05) is 66.7 Å². The van der Waals surface area contributed by atoms with Crippen molar-refractivity contribution < 1.29 is 9.47 Å². The highest BCUT2D eigenvalue weighted by Gasteiger charge is 2.06. The Morgan fingerprint density at radius 2 is 1.28 bits per heavy atom. The lowest BCUT2D eigenvalue weighted by Gasteiger charge is -2.22. The van der Waals surface area contributed by atoms with Gasteiger partial charge in [0, 0.05) is 19.6 Å². The van der Waals surface area contributed by atoms with Gasteiger partial charge < -0.3 is 9.47 Å². The molecular formula is C22H27NO2. The van der Waals surface area contributed by atoms with Gasteiger partial charge >= 0.3 is 0 Å². The van der Waals surface area contributed by atoms with E-state index in [-0.39, 0.29) is 0 Å². The van der Waals surface area contributed by atoms with Crippen molar-refractivity contribution in [3.05, 3.63) is 85.5 Å². The fraction of sp³-hybridized carbons (Fsp3) is 0.273. The van der Waals surface area contributed by atoms with Crippen LogP contribution in [0, 0.1) is 0 Å². The number of rotatable bonds is 12. The van der Waals surface area contributed by atoms with Crippen molar-refractivity contribution in [3.8, 4) is 11.5 Å². The van der Waals surface area contributed by atoms with E-state index in [1.165, 1.54) is 0 Å². The number of para-hydroxylation sites is 2. The summed E-state index contributed by atoms with van der Waals surface area (Å²) in [6.45, 7) is 11.7. The molecule has 2 aromatic rings. The summed E-state index contributed by atoms with van der Waals surface area (Å²) in [7, 11) is 0. The number of nitrogens with zero attached hydrogens (tertiary/aromatic N) is 1. The summed E-state index contributed by atoms with van der Waals surface area (Å²) in [4.78, 5) is 2.33. The third-order valence-electron chi connectivity index (χ3n) is 3.88. The Morgan fingerprint density at radius 3 is 1.72 bits per heavy atom. The van der Waals surface area contributed by atoms with E-state index in [1.54, 1.807) is 0 Å². The minimum Gasteiger partial charge on any atom is -0.492 e. The summed E-state index contributed by atoms with van der Waals surface area (Å²) in [6.07, 6.45) is 2.72. The van der Waals surface area contributed by atoms with Crippen LogP contribution in [0.25, 0.3) is 0 Å². The molecule has 0 fully saturated rings. The molecule has 0 atom stereocenters. The average molecular weight is 337 g/mol. The van der Waals surface area contributed by atoms with Crippen molar-refractivity contribution in [2.45, 2.75) is 6.42 Å². The SMILES string of the molecule is C=CC(=C)CCN(CCOc1ccccc1)CCOc1ccccc1. The summed E-state index contributed by atoms with van der Waals surface area (Å²) >= 11 is 0. The second-order valence-corrected chi connectivity index (χ2v) is 5.78. The van der Waals surface area contributed by atoms with Gasteiger partial charge in [0.05, 0.1) is 0 Å². The molecular weight excluding hydrogens is 310 g/mol. The van der Waals surface area contributed by atoms with Gasteiger partial charge in [-0.2, -0.15) is 0 Å². The fourth-order valence-corrected chi connectivity index (χ4v) is 2.36. The number of hydrogen-bond acceptors (Lipinski definition) is 3. The lowest BCUT2D eigenvalue weighted by atomic mass is 10.2. The third kappa shape index (κ3) is 7.73. The van der Waals surface area contributed by atoms with Crippen LogP contribution in [0.2, 0.25) is 0 Å². The smallest absolute Gasteiger partial charge is 0.119 e. The Hall–Kier alpha value is -2.52. The zero-order chi connectivity index (χ0) is 17.7. The molecule has 132 valence electrons. The van der Waals surface area contributed by atoms with Crippen molar-refractivity contribution in [2.24, 2.45) is 0 Å². The second kappa shape index (κ2) is 11.1. The van der Waals surface area contributed by atoms with Crippen LogP contribution in [0.1, 0.15) is 6.42 Å². The summed E-state index contributed by atoms with van der Waals surface area (Å²) < 4.78 is 11.6. The van der Waals surface area contributed by atoms with Gasteiger partial charge in [-0.25, -0.2) is 0 Å². The molecule has 0 saturated carbocycles. The van der Waals surface area contributed by atoms with E-state index in [0.717, 1.165) is 43.1 Å². The van der Waals surface area contributed by atoms with Crippen molar-refractivity contribution in [1.82, 2.24) is 4.90 Å². The Bertz CT molecular complexity index is 579. The van der Waals surface area contributed by atoms with Crippen LogP contribution in [-0.2, 0) is 0 Å². The zero-order valence-corrected chi connectivity index (χ0v) is 14.8. The van der Waals surface area contributed by atoms with E-state index >= 15 is 0 Å². The molecule has 0 saturated heterocycles. The first-order valence-corrected chi connectivity index (χ1v) is 8.66. The number of benzene rings is 2. The van der Waals surface area contributed by atoms with Crippen LogP contribution in [0.4, 0.5) is 0 Å². The monoisotopic (exact) mass is 337 g/mol. The topological polar surface area (TPSA) is 21.7 Å². The van der Waals surface area contributed by atoms with Gasteiger partial charge in [0.2, 0.25) is 0 Å². The molecule has 0 aliphatic carbocycles. The third-order valence-corrected chi connectivity index (χ3v) is 3.88. The summed E-state index contributed by atoms with van der Waals surface area (Å²) in [5, 5.41) is 0. The fourth-order valence-electron chi connectivity index (χ4n) is 2.36. The molecule has 0 aromatic heterocycles. The molecule has 0 heterocycles. The summed E-state index contributed by atoms with van der Waals surface area (Å²) in [5.74, 6) is 1.80. The first-order valence-electron chi connectivity index (χ1n) is 8.66. The minimum atomic E-state index is 0.649. The van der Waals surface area contributed by atoms with Gasteiger partial charge in [-0.3, -0.25) is 4.90 Å². The Balaban J connectivity index is 1.77. The Morgan fingerprint density at radius 1 is 0.800 bits per heavy atom. The molecule has 3 nitrogen and oxygen atoms in total. The van der Waals surface area contributed by atoms with Crippen LogP contribution in [0.3, 0.4) is 0 Å².